The zero-order valence-corrected chi connectivity index (χ0v) is 8.91. The molecule has 0 unspecified atom stereocenters. The molecule has 0 amide bonds. The van der Waals surface area contributed by atoms with Crippen molar-refractivity contribution in [1.82, 2.24) is 4.98 Å². The van der Waals surface area contributed by atoms with Gasteiger partial charge >= 0.3 is 0 Å². The molecule has 0 aliphatic rings. The maximum absolute atomic E-state index is 13.7. The van der Waals surface area contributed by atoms with Crippen LogP contribution in [0.3, 0.4) is 0 Å². The van der Waals surface area contributed by atoms with Crippen LogP contribution in [0.15, 0.2) is 30.5 Å². The summed E-state index contributed by atoms with van der Waals surface area (Å²) in [5.41, 5.74) is 5.40. The highest BCUT2D eigenvalue weighted by molar-refractivity contribution is 5.92. The maximum atomic E-state index is 13.7. The third kappa shape index (κ3) is 2.12. The van der Waals surface area contributed by atoms with E-state index in [1.807, 2.05) is 6.07 Å². The molecular weight excluding hydrogens is 205 g/mol. The Morgan fingerprint density at radius 2 is 2.19 bits per heavy atom. The van der Waals surface area contributed by atoms with Gasteiger partial charge in [-0.05, 0) is 30.5 Å². The minimum atomic E-state index is -0.249. The Balaban J connectivity index is 2.37. The zero-order chi connectivity index (χ0) is 11.4. The smallest absolute Gasteiger partial charge is 0.136 e. The number of fused-ring (bicyclic) bond motifs is 1. The first kappa shape index (κ1) is 10.8. The summed E-state index contributed by atoms with van der Waals surface area (Å²) in [5.74, 6) is 0.338. The summed E-state index contributed by atoms with van der Waals surface area (Å²) in [4.78, 5) is 4.15. The molecule has 0 saturated heterocycles. The molecule has 0 saturated carbocycles. The van der Waals surface area contributed by atoms with Gasteiger partial charge < -0.3 is 11.1 Å². The predicted molar refractivity (Wildman–Crippen MR) is 63.9 cm³/mol. The van der Waals surface area contributed by atoms with Gasteiger partial charge in [0.25, 0.3) is 0 Å². The van der Waals surface area contributed by atoms with Gasteiger partial charge in [0.1, 0.15) is 11.6 Å². The van der Waals surface area contributed by atoms with Crippen LogP contribution in [0.5, 0.6) is 0 Å². The van der Waals surface area contributed by atoms with Gasteiger partial charge in [0.15, 0.2) is 0 Å². The Bertz CT molecular complexity index is 479. The summed E-state index contributed by atoms with van der Waals surface area (Å²) < 4.78 is 13.7. The normalized spacial score (nSPS) is 10.6. The van der Waals surface area contributed by atoms with Gasteiger partial charge in [-0.1, -0.05) is 12.1 Å². The van der Waals surface area contributed by atoms with Crippen molar-refractivity contribution in [1.29, 1.82) is 0 Å². The molecule has 0 aliphatic heterocycles. The van der Waals surface area contributed by atoms with Gasteiger partial charge in [0, 0.05) is 12.7 Å². The Labute approximate surface area is 93.5 Å². The van der Waals surface area contributed by atoms with Gasteiger partial charge in [-0.25, -0.2) is 9.37 Å². The molecule has 0 atom stereocenters. The Hall–Kier alpha value is -1.68. The highest BCUT2D eigenvalue weighted by Gasteiger charge is 2.06. The minimum absolute atomic E-state index is 0.249. The molecule has 3 N–H and O–H groups in total. The van der Waals surface area contributed by atoms with Crippen LogP contribution in [0.25, 0.3) is 10.8 Å². The SMILES string of the molecule is NCCCNc1nccc2cccc(F)c12. The molecule has 1 aromatic heterocycles. The molecule has 0 aliphatic carbocycles. The van der Waals surface area contributed by atoms with Crippen molar-refractivity contribution in [3.05, 3.63) is 36.3 Å². The van der Waals surface area contributed by atoms with Crippen LogP contribution >= 0.6 is 0 Å². The second kappa shape index (κ2) is 4.90. The molecule has 16 heavy (non-hydrogen) atoms. The van der Waals surface area contributed by atoms with Crippen molar-refractivity contribution in [2.45, 2.75) is 6.42 Å². The number of rotatable bonds is 4. The number of hydrogen-bond acceptors (Lipinski definition) is 3. The van der Waals surface area contributed by atoms with Crippen molar-refractivity contribution in [2.24, 2.45) is 5.73 Å². The predicted octanol–water partition coefficient (Wildman–Crippen LogP) is 2.13. The second-order valence-electron chi connectivity index (χ2n) is 3.57. The summed E-state index contributed by atoms with van der Waals surface area (Å²) >= 11 is 0. The van der Waals surface area contributed by atoms with Gasteiger partial charge in [0.05, 0.1) is 5.39 Å². The lowest BCUT2D eigenvalue weighted by Gasteiger charge is -2.08. The molecule has 4 heteroatoms. The van der Waals surface area contributed by atoms with Crippen LogP contribution in [0, 0.1) is 5.82 Å². The van der Waals surface area contributed by atoms with Crippen molar-refractivity contribution in [3.63, 3.8) is 0 Å². The molecule has 0 fully saturated rings. The van der Waals surface area contributed by atoms with E-state index in [-0.39, 0.29) is 5.82 Å². The number of aromatic nitrogens is 1. The average Bonchev–Trinajstić information content (AvgIpc) is 2.30. The van der Waals surface area contributed by atoms with Crippen LogP contribution in [0.2, 0.25) is 0 Å². The third-order valence-corrected chi connectivity index (χ3v) is 2.41. The number of benzene rings is 1. The van der Waals surface area contributed by atoms with E-state index in [2.05, 4.69) is 10.3 Å². The topological polar surface area (TPSA) is 50.9 Å². The standard InChI is InChI=1S/C12H14FN3/c13-10-4-1-3-9-5-8-16-12(11(9)10)15-7-2-6-14/h1,3-5,8H,2,6-7,14H2,(H,15,16). The number of nitrogens with one attached hydrogen (secondary N) is 1. The monoisotopic (exact) mass is 219 g/mol. The maximum Gasteiger partial charge on any atom is 0.136 e. The van der Waals surface area contributed by atoms with Crippen LogP contribution in [0.1, 0.15) is 6.42 Å². The number of nitrogens with zero attached hydrogens (tertiary/aromatic N) is 1. The lowest BCUT2D eigenvalue weighted by molar-refractivity contribution is 0.639. The first-order chi connectivity index (χ1) is 7.83. The summed E-state index contributed by atoms with van der Waals surface area (Å²) in [6.45, 7) is 1.32. The Morgan fingerprint density at radius 3 is 3.00 bits per heavy atom. The summed E-state index contributed by atoms with van der Waals surface area (Å²) in [7, 11) is 0. The Morgan fingerprint density at radius 1 is 1.31 bits per heavy atom. The fourth-order valence-corrected chi connectivity index (χ4v) is 1.63. The molecule has 1 aromatic carbocycles. The lowest BCUT2D eigenvalue weighted by atomic mass is 10.1. The minimum Gasteiger partial charge on any atom is -0.369 e. The number of halogens is 1. The van der Waals surface area contributed by atoms with E-state index < -0.39 is 0 Å². The van der Waals surface area contributed by atoms with E-state index >= 15 is 0 Å². The highest BCUT2D eigenvalue weighted by atomic mass is 19.1. The van der Waals surface area contributed by atoms with E-state index in [1.54, 1.807) is 18.3 Å². The van der Waals surface area contributed by atoms with Gasteiger partial charge in [-0.3, -0.25) is 0 Å². The van der Waals surface area contributed by atoms with Crippen LogP contribution < -0.4 is 11.1 Å². The van der Waals surface area contributed by atoms with E-state index in [4.69, 9.17) is 5.73 Å². The van der Waals surface area contributed by atoms with E-state index in [9.17, 15) is 4.39 Å². The first-order valence-corrected chi connectivity index (χ1v) is 5.30. The van der Waals surface area contributed by atoms with Crippen molar-refractivity contribution < 1.29 is 4.39 Å². The molecule has 0 bridgehead atoms. The fourth-order valence-electron chi connectivity index (χ4n) is 1.63. The number of hydrogen-bond donors (Lipinski definition) is 2. The van der Waals surface area contributed by atoms with Crippen molar-refractivity contribution >= 4 is 16.6 Å². The number of anilines is 1. The van der Waals surface area contributed by atoms with Gasteiger partial charge in [-0.15, -0.1) is 0 Å². The second-order valence-corrected chi connectivity index (χ2v) is 3.57. The summed E-state index contributed by atoms with van der Waals surface area (Å²) in [6, 6.07) is 6.81. The number of pyridine rings is 1. The highest BCUT2D eigenvalue weighted by Crippen LogP contribution is 2.23. The third-order valence-electron chi connectivity index (χ3n) is 2.41. The summed E-state index contributed by atoms with van der Waals surface area (Å²) in [6.07, 6.45) is 2.51. The fraction of sp³-hybridized carbons (Fsp3) is 0.250. The first-order valence-electron chi connectivity index (χ1n) is 5.30. The van der Waals surface area contributed by atoms with Gasteiger partial charge in [-0.2, -0.15) is 0 Å². The average molecular weight is 219 g/mol. The number of nitrogens with two attached hydrogens (primary N) is 1. The van der Waals surface area contributed by atoms with E-state index in [0.717, 1.165) is 11.8 Å². The summed E-state index contributed by atoms with van der Waals surface area (Å²) in [5, 5.41) is 4.49. The van der Waals surface area contributed by atoms with Crippen molar-refractivity contribution in [3.8, 4) is 0 Å². The quantitative estimate of drug-likeness (QED) is 0.774. The molecular formula is C12H14FN3. The molecule has 0 radical (unpaired) electrons. The van der Waals surface area contributed by atoms with Crippen LogP contribution in [-0.2, 0) is 0 Å². The molecule has 0 spiro atoms. The molecule has 2 aromatic rings. The van der Waals surface area contributed by atoms with Crippen LogP contribution in [0.4, 0.5) is 10.2 Å². The van der Waals surface area contributed by atoms with E-state index in [1.165, 1.54) is 6.07 Å². The molecule has 3 nitrogen and oxygen atoms in total. The zero-order valence-electron chi connectivity index (χ0n) is 8.91. The van der Waals surface area contributed by atoms with Gasteiger partial charge in [0.2, 0.25) is 0 Å². The molecule has 1 heterocycles. The van der Waals surface area contributed by atoms with E-state index in [0.29, 0.717) is 24.3 Å². The largest absolute Gasteiger partial charge is 0.369 e. The lowest BCUT2D eigenvalue weighted by Crippen LogP contribution is -2.09. The van der Waals surface area contributed by atoms with Crippen molar-refractivity contribution in [2.75, 3.05) is 18.4 Å². The molecule has 2 rings (SSSR count). The molecule has 84 valence electrons. The van der Waals surface area contributed by atoms with Crippen LogP contribution in [-0.4, -0.2) is 18.1 Å². The Kier molecular flexibility index (Phi) is 3.31.